The van der Waals surface area contributed by atoms with Crippen molar-refractivity contribution < 1.29 is 24.2 Å². The van der Waals surface area contributed by atoms with Crippen LogP contribution >= 0.6 is 0 Å². The number of allylic oxidation sites excluding steroid dienone is 4. The number of ether oxygens (including phenoxy) is 1. The summed E-state index contributed by atoms with van der Waals surface area (Å²) in [6, 6.07) is 0. The molecule has 0 radical (unpaired) electrons. The van der Waals surface area contributed by atoms with Crippen molar-refractivity contribution in [2.45, 2.75) is 53.1 Å². The van der Waals surface area contributed by atoms with Crippen LogP contribution in [0, 0.1) is 45.8 Å². The maximum Gasteiger partial charge on any atom is 0.303 e. The second kappa shape index (κ2) is 7.10. The van der Waals surface area contributed by atoms with Crippen molar-refractivity contribution in [1.82, 2.24) is 5.32 Å². The number of hydrogen-bond acceptors (Lipinski definition) is 6. The Kier molecular flexibility index (Phi) is 4.89. The standard InChI is InChI=1S/C26H35NO5/c1-14-7-18-20-8-16-11-27-13-26(16,22(31)12-32-15(2)28)25(20,4)10-21(30)23(18)24(3)6-5-17(29)9-19(14)24/h5-6,9,14,16,18,20-21,23,27,30H,7-8,10-13H2,1-4H3. The molecule has 1 saturated heterocycles. The van der Waals surface area contributed by atoms with E-state index in [1.165, 1.54) is 6.92 Å². The largest absolute Gasteiger partial charge is 0.458 e. The predicted octanol–water partition coefficient (Wildman–Crippen LogP) is 2.46. The van der Waals surface area contributed by atoms with Crippen LogP contribution in [-0.4, -0.2) is 48.4 Å². The number of carbonyl (C=O) groups excluding carboxylic acids is 3. The molecule has 3 saturated carbocycles. The summed E-state index contributed by atoms with van der Waals surface area (Å²) >= 11 is 0. The van der Waals surface area contributed by atoms with Gasteiger partial charge in [0.05, 0.1) is 11.5 Å². The number of carbonyl (C=O) groups is 3. The monoisotopic (exact) mass is 441 g/mol. The number of aliphatic hydroxyl groups is 1. The van der Waals surface area contributed by atoms with Crippen LogP contribution in [0.25, 0.3) is 0 Å². The van der Waals surface area contributed by atoms with Crippen LogP contribution in [0.3, 0.4) is 0 Å². The fraction of sp³-hybridized carbons (Fsp3) is 0.731. The third-order valence-corrected chi connectivity index (χ3v) is 10.2. The van der Waals surface area contributed by atoms with Crippen molar-refractivity contribution in [3.63, 3.8) is 0 Å². The zero-order chi connectivity index (χ0) is 23.1. The van der Waals surface area contributed by atoms with Gasteiger partial charge in [0.15, 0.2) is 18.2 Å². The third kappa shape index (κ3) is 2.68. The molecule has 6 heteroatoms. The van der Waals surface area contributed by atoms with E-state index >= 15 is 0 Å². The van der Waals surface area contributed by atoms with Crippen molar-refractivity contribution in [2.75, 3.05) is 19.7 Å². The van der Waals surface area contributed by atoms with Crippen LogP contribution in [0.4, 0.5) is 0 Å². The second-order valence-electron chi connectivity index (χ2n) is 11.5. The van der Waals surface area contributed by atoms with E-state index in [0.29, 0.717) is 18.9 Å². The summed E-state index contributed by atoms with van der Waals surface area (Å²) in [4.78, 5) is 37.2. The third-order valence-electron chi connectivity index (χ3n) is 10.2. The van der Waals surface area contributed by atoms with Crippen molar-refractivity contribution >= 4 is 17.5 Å². The van der Waals surface area contributed by atoms with E-state index in [1.807, 2.05) is 6.08 Å². The summed E-state index contributed by atoms with van der Waals surface area (Å²) in [6.45, 7) is 9.10. The number of fused-ring (bicyclic) bond motifs is 7. The average Bonchev–Trinajstić information content (AvgIpc) is 3.24. The fourth-order valence-corrected chi connectivity index (χ4v) is 9.01. The lowest BCUT2D eigenvalue weighted by Crippen LogP contribution is -2.61. The number of rotatable bonds is 3. The molecular weight excluding hydrogens is 406 g/mol. The Balaban J connectivity index is 1.55. The first-order chi connectivity index (χ1) is 15.0. The predicted molar refractivity (Wildman–Crippen MR) is 118 cm³/mol. The maximum absolute atomic E-state index is 13.6. The van der Waals surface area contributed by atoms with E-state index in [0.717, 1.165) is 25.0 Å². The molecule has 2 N–H and O–H groups in total. The molecule has 5 rings (SSSR count). The first-order valence-corrected chi connectivity index (χ1v) is 12.1. The van der Waals surface area contributed by atoms with Gasteiger partial charge in [-0.25, -0.2) is 0 Å². The molecule has 174 valence electrons. The van der Waals surface area contributed by atoms with Gasteiger partial charge in [-0.05, 0) is 67.0 Å². The quantitative estimate of drug-likeness (QED) is 0.654. The number of nitrogens with one attached hydrogen (secondary N) is 1. The van der Waals surface area contributed by atoms with Gasteiger partial charge in [0.25, 0.3) is 0 Å². The Hall–Kier alpha value is -1.79. The van der Waals surface area contributed by atoms with Gasteiger partial charge in [-0.15, -0.1) is 0 Å². The molecule has 0 aromatic carbocycles. The van der Waals surface area contributed by atoms with Gasteiger partial charge in [-0.2, -0.15) is 0 Å². The molecule has 0 spiro atoms. The zero-order valence-corrected chi connectivity index (χ0v) is 19.5. The van der Waals surface area contributed by atoms with Crippen molar-refractivity contribution in [3.8, 4) is 0 Å². The molecule has 0 bridgehead atoms. The van der Waals surface area contributed by atoms with E-state index in [9.17, 15) is 19.5 Å². The van der Waals surface area contributed by atoms with E-state index in [1.54, 1.807) is 12.2 Å². The molecule has 0 aromatic heterocycles. The lowest BCUT2D eigenvalue weighted by molar-refractivity contribution is -0.164. The molecule has 1 aliphatic heterocycles. The van der Waals surface area contributed by atoms with Gasteiger partial charge < -0.3 is 15.2 Å². The summed E-state index contributed by atoms with van der Waals surface area (Å²) in [5.74, 6) is 0.684. The van der Waals surface area contributed by atoms with Crippen molar-refractivity contribution in [3.05, 3.63) is 23.8 Å². The van der Waals surface area contributed by atoms with Gasteiger partial charge >= 0.3 is 5.97 Å². The first kappa shape index (κ1) is 22.0. The molecule has 9 unspecified atom stereocenters. The smallest absolute Gasteiger partial charge is 0.303 e. The minimum Gasteiger partial charge on any atom is -0.458 e. The summed E-state index contributed by atoms with van der Waals surface area (Å²) in [7, 11) is 0. The minimum absolute atomic E-state index is 0.00263. The maximum atomic E-state index is 13.6. The van der Waals surface area contributed by atoms with Crippen molar-refractivity contribution in [1.29, 1.82) is 0 Å². The fourth-order valence-electron chi connectivity index (χ4n) is 9.01. The molecular formula is C26H35NO5. The molecule has 4 aliphatic carbocycles. The molecule has 9 atom stereocenters. The van der Waals surface area contributed by atoms with Crippen LogP contribution in [0.2, 0.25) is 0 Å². The molecule has 4 fully saturated rings. The van der Waals surface area contributed by atoms with E-state index in [-0.39, 0.29) is 52.7 Å². The SMILES string of the molecule is CC(=O)OCC(=O)C12CNCC1CC1C3CC(C)C4=CC(=O)C=CC4(C)C3C(O)CC12C. The van der Waals surface area contributed by atoms with E-state index in [2.05, 4.69) is 26.1 Å². The van der Waals surface area contributed by atoms with Crippen LogP contribution in [0.15, 0.2) is 23.8 Å². The average molecular weight is 442 g/mol. The Morgan fingerprint density at radius 2 is 2.03 bits per heavy atom. The van der Waals surface area contributed by atoms with Gasteiger partial charge in [-0.1, -0.05) is 32.4 Å². The lowest BCUT2D eigenvalue weighted by Gasteiger charge is -2.61. The Morgan fingerprint density at radius 3 is 2.75 bits per heavy atom. The lowest BCUT2D eigenvalue weighted by atomic mass is 9.43. The minimum atomic E-state index is -0.613. The topological polar surface area (TPSA) is 92.7 Å². The Morgan fingerprint density at radius 1 is 1.28 bits per heavy atom. The Labute approximate surface area is 189 Å². The molecule has 1 heterocycles. The summed E-state index contributed by atoms with van der Waals surface area (Å²) in [6.07, 6.45) is 7.37. The van der Waals surface area contributed by atoms with Crippen LogP contribution < -0.4 is 5.32 Å². The van der Waals surface area contributed by atoms with Gasteiger partial charge in [0, 0.05) is 24.8 Å². The summed E-state index contributed by atoms with van der Waals surface area (Å²) < 4.78 is 5.16. The van der Waals surface area contributed by atoms with Crippen LogP contribution in [-0.2, 0) is 19.1 Å². The van der Waals surface area contributed by atoms with Crippen LogP contribution in [0.1, 0.15) is 47.0 Å². The summed E-state index contributed by atoms with van der Waals surface area (Å²) in [5, 5.41) is 15.1. The van der Waals surface area contributed by atoms with Gasteiger partial charge in [0.2, 0.25) is 0 Å². The van der Waals surface area contributed by atoms with Crippen molar-refractivity contribution in [2.24, 2.45) is 45.8 Å². The highest BCUT2D eigenvalue weighted by atomic mass is 16.5. The number of Topliss-reactive ketones (excluding diaryl/α,β-unsaturated/α-hetero) is 1. The van der Waals surface area contributed by atoms with Gasteiger partial charge in [0.1, 0.15) is 0 Å². The van der Waals surface area contributed by atoms with E-state index in [4.69, 9.17) is 4.74 Å². The first-order valence-electron chi connectivity index (χ1n) is 12.1. The molecule has 32 heavy (non-hydrogen) atoms. The number of aliphatic hydroxyl groups excluding tert-OH is 1. The normalized spacial score (nSPS) is 48.9. The van der Waals surface area contributed by atoms with Crippen LogP contribution in [0.5, 0.6) is 0 Å². The number of esters is 1. The highest BCUT2D eigenvalue weighted by Gasteiger charge is 2.72. The highest BCUT2D eigenvalue weighted by molar-refractivity contribution is 6.01. The molecule has 5 aliphatic rings. The molecule has 6 nitrogen and oxygen atoms in total. The van der Waals surface area contributed by atoms with E-state index < -0.39 is 17.5 Å². The molecule has 0 amide bonds. The highest BCUT2D eigenvalue weighted by Crippen LogP contribution is 2.72. The molecule has 0 aromatic rings. The number of hydrogen-bond donors (Lipinski definition) is 2. The summed E-state index contributed by atoms with van der Waals surface area (Å²) in [5.41, 5.74) is -0.154. The zero-order valence-electron chi connectivity index (χ0n) is 19.5. The Bertz CT molecular complexity index is 939. The second-order valence-corrected chi connectivity index (χ2v) is 11.5. The number of ketones is 2. The van der Waals surface area contributed by atoms with Gasteiger partial charge in [-0.3, -0.25) is 14.4 Å².